The van der Waals surface area contributed by atoms with E-state index in [2.05, 4.69) is 54.9 Å². The molecule has 0 saturated carbocycles. The molecule has 1 aliphatic heterocycles. The number of methoxy groups -OCH3 is 1. The molecule has 0 aromatic carbocycles. The third-order valence-electron chi connectivity index (χ3n) is 6.78. The van der Waals surface area contributed by atoms with Crippen LogP contribution in [-0.4, -0.2) is 94.2 Å². The molecule has 5 heterocycles. The van der Waals surface area contributed by atoms with E-state index in [1.165, 1.54) is 53.4 Å². The molecule has 1 aliphatic rings. The van der Waals surface area contributed by atoms with E-state index in [0.717, 1.165) is 0 Å². The first-order valence-corrected chi connectivity index (χ1v) is 13.7. The minimum absolute atomic E-state index is 0.0816. The van der Waals surface area contributed by atoms with Gasteiger partial charge in [-0.1, -0.05) is 0 Å². The maximum atomic E-state index is 12.1. The van der Waals surface area contributed by atoms with Crippen molar-refractivity contribution in [1.29, 1.82) is 0 Å². The van der Waals surface area contributed by atoms with Gasteiger partial charge in [-0.25, -0.2) is 19.9 Å². The molecule has 0 bridgehead atoms. The van der Waals surface area contributed by atoms with Crippen LogP contribution in [0.25, 0.3) is 16.9 Å². The number of fused-ring (bicyclic) bond motifs is 2. The van der Waals surface area contributed by atoms with Crippen molar-refractivity contribution in [2.75, 3.05) is 26.1 Å². The zero-order valence-corrected chi connectivity index (χ0v) is 24.9. The summed E-state index contributed by atoms with van der Waals surface area (Å²) in [4.78, 5) is 28.6. The minimum Gasteiger partial charge on any atom is -0.388 e. The fourth-order valence-electron chi connectivity index (χ4n) is 4.73. The number of hydrogen-bond acceptors (Lipinski definition) is 16. The average Bonchev–Trinajstić information content (AvgIpc) is 3.71. The Hall–Kier alpha value is -2.42. The predicted octanol–water partition coefficient (Wildman–Crippen LogP) is -0.461. The van der Waals surface area contributed by atoms with Gasteiger partial charge in [-0.2, -0.15) is 0 Å². The molecular formula is C22H29N8O9PS2. The number of aliphatic hydroxyl groups excluding tert-OH is 2. The maximum Gasteiger partial charge on any atom is 0.258 e. The fraction of sp³-hybridized carbons (Fsp3) is 0.500. The van der Waals surface area contributed by atoms with Crippen LogP contribution in [0, 0.1) is 5.92 Å². The van der Waals surface area contributed by atoms with E-state index in [0.29, 0.717) is 11.2 Å². The Morgan fingerprint density at radius 2 is 2.05 bits per heavy atom. The normalized spacial score (nSPS) is 23.9. The number of hydrogen-bond donors (Lipinski definition) is 5. The molecule has 3 unspecified atom stereocenters. The van der Waals surface area contributed by atoms with Gasteiger partial charge in [0, 0.05) is 47.2 Å². The molecule has 228 valence electrons. The van der Waals surface area contributed by atoms with Crippen molar-refractivity contribution >= 4 is 57.8 Å². The van der Waals surface area contributed by atoms with Gasteiger partial charge in [-0.05, 0) is 12.9 Å². The number of rotatable bonds is 13. The molecular weight excluding hydrogens is 615 g/mol. The number of nitrogens with two attached hydrogens (primary N) is 1. The van der Waals surface area contributed by atoms with Crippen molar-refractivity contribution in [2.45, 2.75) is 42.7 Å². The third kappa shape index (κ3) is 6.00. The Bertz CT molecular complexity index is 1560. The number of aliphatic hydroxyl groups is 2. The number of nitrogen functional groups attached to an aromatic ring is 1. The molecule has 1 fully saturated rings. The lowest BCUT2D eigenvalue weighted by atomic mass is 9.99. The second-order valence-electron chi connectivity index (χ2n) is 9.16. The minimum atomic E-state index is -1.49. The summed E-state index contributed by atoms with van der Waals surface area (Å²) < 4.78 is 37.5. The summed E-state index contributed by atoms with van der Waals surface area (Å²) in [7, 11) is 3.45. The monoisotopic (exact) mass is 644 g/mol. The van der Waals surface area contributed by atoms with Gasteiger partial charge in [0.15, 0.2) is 36.3 Å². The number of thiol groups is 2. The summed E-state index contributed by atoms with van der Waals surface area (Å²) in [6, 6.07) is 1.28. The molecule has 4 aromatic rings. The molecule has 9 atom stereocenters. The molecule has 1 saturated heterocycles. The first-order valence-electron chi connectivity index (χ1n) is 12.4. The summed E-state index contributed by atoms with van der Waals surface area (Å²) >= 11 is 8.22. The van der Waals surface area contributed by atoms with Crippen molar-refractivity contribution in [3.8, 4) is 0 Å². The fourth-order valence-corrected chi connectivity index (χ4v) is 5.35. The van der Waals surface area contributed by atoms with Gasteiger partial charge in [0.2, 0.25) is 11.4 Å². The number of imidazole rings is 2. The molecule has 0 aliphatic carbocycles. The van der Waals surface area contributed by atoms with Crippen molar-refractivity contribution < 1.29 is 37.9 Å². The van der Waals surface area contributed by atoms with Crippen LogP contribution in [-0.2, 0) is 27.7 Å². The zero-order chi connectivity index (χ0) is 30.0. The first-order chi connectivity index (χ1) is 20.3. The lowest BCUT2D eigenvalue weighted by molar-refractivity contribution is -0.255. The Balaban J connectivity index is 1.26. The Morgan fingerprint density at radius 3 is 2.79 bits per heavy atom. The highest BCUT2D eigenvalue weighted by atomic mass is 32.1. The number of ether oxygens (including phenoxy) is 4. The quantitative estimate of drug-likeness (QED) is 0.0541. The van der Waals surface area contributed by atoms with Gasteiger partial charge >= 0.3 is 0 Å². The van der Waals surface area contributed by atoms with E-state index in [4.69, 9.17) is 33.4 Å². The van der Waals surface area contributed by atoms with Crippen LogP contribution in [0.1, 0.15) is 12.5 Å². The lowest BCUT2D eigenvalue weighted by Gasteiger charge is -2.30. The molecule has 4 N–H and O–H groups in total. The molecule has 0 radical (unpaired) electrons. The summed E-state index contributed by atoms with van der Waals surface area (Å²) in [5.74, 6) is -0.206. The van der Waals surface area contributed by atoms with E-state index in [1.54, 1.807) is 4.57 Å². The van der Waals surface area contributed by atoms with Gasteiger partial charge in [0.25, 0.3) is 5.56 Å². The van der Waals surface area contributed by atoms with Crippen molar-refractivity contribution in [1.82, 2.24) is 33.5 Å². The highest BCUT2D eigenvalue weighted by molar-refractivity contribution is 7.80. The van der Waals surface area contributed by atoms with Crippen LogP contribution >= 0.6 is 35.0 Å². The summed E-state index contributed by atoms with van der Waals surface area (Å²) in [6.45, 7) is 0.0395. The number of anilines is 1. The van der Waals surface area contributed by atoms with E-state index in [-0.39, 0.29) is 30.4 Å². The highest BCUT2D eigenvalue weighted by Crippen LogP contribution is 2.37. The predicted molar refractivity (Wildman–Crippen MR) is 154 cm³/mol. The second-order valence-corrected chi connectivity index (χ2v) is 10.1. The average molecular weight is 645 g/mol. The topological polar surface area (TPSA) is 205 Å². The zero-order valence-electron chi connectivity index (χ0n) is 21.9. The molecule has 17 nitrogen and oxygen atoms in total. The Morgan fingerprint density at radius 1 is 1.24 bits per heavy atom. The third-order valence-corrected chi connectivity index (χ3v) is 7.46. The standard InChI is InChI=1S/C22H29N8O9PS2/c1-34-20(15(33)19(39-42)29-4-2-12(31)28-5-3-24-21(28)29)38-22(41)35-6-10-11(7-36-40)37-18(14(10)32)30-9-27-13-16(23)25-8-26-17(13)30/h2-5,8-11,14-15,18-20,22,32-33,41-42H,6-7,40H2,1H3,(H2,23,25,26)/t10-,11+,14+,15-,18+,19+,20?,22?/m0/s1. The number of aromatic nitrogens is 7. The van der Waals surface area contributed by atoms with Crippen LogP contribution in [0.15, 0.2) is 42.1 Å². The highest BCUT2D eigenvalue weighted by Gasteiger charge is 2.46. The SMILES string of the molecule is COC(OC(S)OC[C@@H]1[C@@H](O)[C@H](n2cnc3c(N)ncnc32)O[C@@H]1COP)[C@@H](O)[C@@H](OS)n1ccc(=O)n2ccnc12. The van der Waals surface area contributed by atoms with Gasteiger partial charge in [-0.3, -0.25) is 22.5 Å². The van der Waals surface area contributed by atoms with Crippen LogP contribution in [0.4, 0.5) is 5.82 Å². The summed E-state index contributed by atoms with van der Waals surface area (Å²) in [6.07, 6.45) is 0.494. The molecule has 0 spiro atoms. The van der Waals surface area contributed by atoms with Crippen molar-refractivity contribution in [3.05, 3.63) is 47.7 Å². The van der Waals surface area contributed by atoms with Gasteiger partial charge < -0.3 is 39.4 Å². The maximum absolute atomic E-state index is 12.1. The molecule has 4 aromatic heterocycles. The number of nitrogens with zero attached hydrogens (tertiary/aromatic N) is 7. The van der Waals surface area contributed by atoms with Crippen LogP contribution < -0.4 is 11.3 Å². The largest absolute Gasteiger partial charge is 0.388 e. The van der Waals surface area contributed by atoms with E-state index < -0.39 is 48.6 Å². The van der Waals surface area contributed by atoms with E-state index in [1.807, 2.05) is 0 Å². The van der Waals surface area contributed by atoms with E-state index >= 15 is 0 Å². The smallest absolute Gasteiger partial charge is 0.258 e. The molecule has 42 heavy (non-hydrogen) atoms. The van der Waals surface area contributed by atoms with E-state index in [9.17, 15) is 15.0 Å². The Labute approximate surface area is 251 Å². The first kappa shape index (κ1) is 31.0. The van der Waals surface area contributed by atoms with Gasteiger partial charge in [0.05, 0.1) is 25.6 Å². The van der Waals surface area contributed by atoms with Gasteiger partial charge in [0.1, 0.15) is 17.9 Å². The molecule has 0 amide bonds. The van der Waals surface area contributed by atoms with Gasteiger partial charge in [-0.15, -0.1) is 12.6 Å². The van der Waals surface area contributed by atoms with Crippen LogP contribution in [0.5, 0.6) is 0 Å². The lowest BCUT2D eigenvalue weighted by Crippen LogP contribution is -2.41. The van der Waals surface area contributed by atoms with Crippen molar-refractivity contribution in [2.24, 2.45) is 5.92 Å². The van der Waals surface area contributed by atoms with Crippen LogP contribution in [0.2, 0.25) is 0 Å². The molecule has 20 heteroatoms. The van der Waals surface area contributed by atoms with Crippen LogP contribution in [0.3, 0.4) is 0 Å². The Kier molecular flexibility index (Phi) is 9.95. The molecule has 5 rings (SSSR count). The van der Waals surface area contributed by atoms with Crippen molar-refractivity contribution in [3.63, 3.8) is 0 Å². The second kappa shape index (κ2) is 13.5. The summed E-state index contributed by atoms with van der Waals surface area (Å²) in [5.41, 5.74) is 5.11. The summed E-state index contributed by atoms with van der Waals surface area (Å²) in [5, 5.41) is 22.3.